The third-order valence-corrected chi connectivity index (χ3v) is 13.9. The molecule has 0 atom stereocenters. The second-order valence-electron chi connectivity index (χ2n) is 15.7. The Labute approximate surface area is 369 Å². The lowest BCUT2D eigenvalue weighted by atomic mass is 9.82. The molecule has 0 N–H and O–H groups in total. The molecule has 62 heavy (non-hydrogen) atoms. The normalized spacial score (nSPS) is 23.8. The molecule has 334 valence electrons. The van der Waals surface area contributed by atoms with Crippen molar-refractivity contribution < 1.29 is 66.7 Å². The number of ether oxygens (including phenoxy) is 7. The Morgan fingerprint density at radius 1 is 0.613 bits per heavy atom. The standard InChI is InChI=1S/C45H53NO14S2/c1-5-35(47)54-23-7-8-24-56-40(49)28-13-15-30(16-14-28)41(50)58-32-19-17-31(18-20-32)43(52)60-34-22-21-33(59-42(51)29-11-9-27(3)10-12-29)38-39(34)62-45(61-38)37(46-4)44(53)57-26-25-55-36(48)6-2/h5-6,21-22,27-32H,1-2,7-20,23-26H2,3H3/b45-37-. The number of benzene rings is 1. The van der Waals surface area contributed by atoms with Crippen LogP contribution in [0.5, 0.6) is 11.5 Å². The SMILES string of the molecule is [C-]#[N+]/C(C(=O)OCCOC(=O)C=C)=C1/Sc2c(OC(=O)C3CCC(C)CC3)ccc(OC(=O)C3CCC(OC(=O)C4CCC(C(=O)OCCCCOC(=O)C=C)CC4)CC3)c2S1. The molecule has 1 aromatic carbocycles. The lowest BCUT2D eigenvalue weighted by Crippen LogP contribution is -2.33. The third kappa shape index (κ3) is 13.7. The molecule has 0 saturated heterocycles. The van der Waals surface area contributed by atoms with Crippen LogP contribution >= 0.6 is 23.5 Å². The van der Waals surface area contributed by atoms with E-state index in [9.17, 15) is 33.6 Å². The molecule has 3 saturated carbocycles. The number of fused-ring (bicyclic) bond motifs is 1. The second kappa shape index (κ2) is 23.9. The molecule has 0 radical (unpaired) electrons. The molecule has 17 heteroatoms. The highest BCUT2D eigenvalue weighted by atomic mass is 32.2. The van der Waals surface area contributed by atoms with Gasteiger partial charge in [-0.3, -0.25) is 24.0 Å². The van der Waals surface area contributed by atoms with Gasteiger partial charge in [-0.15, -0.1) is 0 Å². The van der Waals surface area contributed by atoms with Crippen LogP contribution in [0.3, 0.4) is 0 Å². The molecule has 15 nitrogen and oxygen atoms in total. The summed E-state index contributed by atoms with van der Waals surface area (Å²) in [5.41, 5.74) is -0.334. The molecule has 0 aromatic heterocycles. The first-order valence-electron chi connectivity index (χ1n) is 21.1. The van der Waals surface area contributed by atoms with E-state index in [1.807, 2.05) is 0 Å². The molecule has 1 aliphatic heterocycles. The van der Waals surface area contributed by atoms with E-state index in [4.69, 9.17) is 39.7 Å². The van der Waals surface area contributed by atoms with Gasteiger partial charge in [-0.2, -0.15) is 0 Å². The summed E-state index contributed by atoms with van der Waals surface area (Å²) >= 11 is 2.07. The van der Waals surface area contributed by atoms with Crippen molar-refractivity contribution in [2.45, 2.75) is 113 Å². The third-order valence-electron chi connectivity index (χ3n) is 11.3. The molecule has 1 heterocycles. The number of esters is 7. The van der Waals surface area contributed by atoms with Gasteiger partial charge in [-0.1, -0.05) is 43.6 Å². The van der Waals surface area contributed by atoms with Crippen LogP contribution in [0, 0.1) is 36.2 Å². The minimum Gasteiger partial charge on any atom is -0.467 e. The van der Waals surface area contributed by atoms with E-state index in [-0.39, 0.29) is 89.6 Å². The molecule has 4 aliphatic rings. The average molecular weight is 896 g/mol. The minimum absolute atomic E-state index is 0.178. The summed E-state index contributed by atoms with van der Waals surface area (Å²) in [7, 11) is 0. The van der Waals surface area contributed by atoms with E-state index in [0.29, 0.717) is 92.8 Å². The van der Waals surface area contributed by atoms with Crippen LogP contribution in [0.25, 0.3) is 4.85 Å². The van der Waals surface area contributed by atoms with E-state index >= 15 is 0 Å². The van der Waals surface area contributed by atoms with E-state index < -0.39 is 29.8 Å². The van der Waals surface area contributed by atoms with Crippen molar-refractivity contribution in [2.75, 3.05) is 26.4 Å². The summed E-state index contributed by atoms with van der Waals surface area (Å²) < 4.78 is 38.3. The predicted molar refractivity (Wildman–Crippen MR) is 225 cm³/mol. The highest BCUT2D eigenvalue weighted by Crippen LogP contribution is 2.59. The first kappa shape index (κ1) is 48.0. The fraction of sp³-hybridized carbons (Fsp3) is 0.556. The van der Waals surface area contributed by atoms with Crippen LogP contribution in [0.2, 0.25) is 0 Å². The van der Waals surface area contributed by atoms with Crippen LogP contribution in [0.1, 0.15) is 96.8 Å². The topological polar surface area (TPSA) is 188 Å². The molecule has 1 aromatic rings. The van der Waals surface area contributed by atoms with Crippen molar-refractivity contribution in [1.82, 2.24) is 0 Å². The number of rotatable bonds is 18. The fourth-order valence-corrected chi connectivity index (χ4v) is 10.2. The van der Waals surface area contributed by atoms with Crippen LogP contribution in [-0.2, 0) is 57.2 Å². The average Bonchev–Trinajstić information content (AvgIpc) is 3.73. The summed E-state index contributed by atoms with van der Waals surface area (Å²) in [4.78, 5) is 92.2. The summed E-state index contributed by atoms with van der Waals surface area (Å²) in [5.74, 6) is -3.97. The van der Waals surface area contributed by atoms with Crippen molar-refractivity contribution in [3.05, 3.63) is 58.8 Å². The van der Waals surface area contributed by atoms with Crippen LogP contribution in [-0.4, -0.2) is 74.3 Å². The summed E-state index contributed by atoms with van der Waals surface area (Å²) in [6.45, 7) is 16.5. The number of carbonyl (C=O) groups excluding carboxylic acids is 7. The summed E-state index contributed by atoms with van der Waals surface area (Å²) in [6.07, 6.45) is 9.95. The zero-order valence-electron chi connectivity index (χ0n) is 34.9. The second-order valence-corrected chi connectivity index (χ2v) is 18.0. The quantitative estimate of drug-likeness (QED) is 0.0346. The Morgan fingerprint density at radius 2 is 1.05 bits per heavy atom. The van der Waals surface area contributed by atoms with Gasteiger partial charge in [0, 0.05) is 12.2 Å². The molecular formula is C45H53NO14S2. The van der Waals surface area contributed by atoms with Gasteiger partial charge in [-0.25, -0.2) is 14.4 Å². The summed E-state index contributed by atoms with van der Waals surface area (Å²) in [6, 6.07) is 3.09. The number of hydrogen-bond acceptors (Lipinski definition) is 16. The van der Waals surface area contributed by atoms with Crippen molar-refractivity contribution in [3.8, 4) is 11.5 Å². The van der Waals surface area contributed by atoms with Gasteiger partial charge in [0.25, 0.3) is 5.70 Å². The highest BCUT2D eigenvalue weighted by molar-refractivity contribution is 8.24. The lowest BCUT2D eigenvalue weighted by Gasteiger charge is -2.30. The molecule has 0 bridgehead atoms. The number of thioether (sulfide) groups is 2. The maximum atomic E-state index is 13.6. The fourth-order valence-electron chi connectivity index (χ4n) is 7.61. The molecule has 0 unspecified atom stereocenters. The Balaban J connectivity index is 1.13. The molecular weight excluding hydrogens is 843 g/mol. The van der Waals surface area contributed by atoms with E-state index in [1.54, 1.807) is 6.07 Å². The van der Waals surface area contributed by atoms with Gasteiger partial charge >= 0.3 is 41.8 Å². The van der Waals surface area contributed by atoms with Crippen LogP contribution < -0.4 is 9.47 Å². The van der Waals surface area contributed by atoms with E-state index in [1.165, 1.54) is 6.07 Å². The van der Waals surface area contributed by atoms with Gasteiger partial charge in [0.2, 0.25) is 0 Å². The maximum Gasteiger partial charge on any atom is 0.338 e. The van der Waals surface area contributed by atoms with Crippen molar-refractivity contribution in [3.63, 3.8) is 0 Å². The van der Waals surface area contributed by atoms with Crippen LogP contribution in [0.15, 0.2) is 57.2 Å². The van der Waals surface area contributed by atoms with Gasteiger partial charge in [0.15, 0.2) is 0 Å². The van der Waals surface area contributed by atoms with Gasteiger partial charge in [-0.05, 0) is 108 Å². The van der Waals surface area contributed by atoms with Gasteiger partial charge in [0.1, 0.15) is 30.8 Å². The first-order valence-corrected chi connectivity index (χ1v) is 22.7. The monoisotopic (exact) mass is 895 g/mol. The maximum absolute atomic E-state index is 13.6. The minimum atomic E-state index is -0.939. The highest BCUT2D eigenvalue weighted by Gasteiger charge is 2.37. The largest absolute Gasteiger partial charge is 0.467 e. The number of carbonyl (C=O) groups is 7. The van der Waals surface area contributed by atoms with Crippen molar-refractivity contribution in [1.29, 1.82) is 0 Å². The van der Waals surface area contributed by atoms with Crippen LogP contribution in [0.4, 0.5) is 0 Å². The number of hydrogen-bond donors (Lipinski definition) is 0. The van der Waals surface area contributed by atoms with Crippen molar-refractivity contribution >= 4 is 65.3 Å². The molecule has 0 amide bonds. The van der Waals surface area contributed by atoms with Gasteiger partial charge in [0.05, 0.1) is 57.5 Å². The Hall–Kier alpha value is -5.08. The Bertz CT molecular complexity index is 1930. The zero-order valence-corrected chi connectivity index (χ0v) is 36.5. The number of unbranched alkanes of at least 4 members (excludes halogenated alkanes) is 1. The zero-order chi connectivity index (χ0) is 44.6. The van der Waals surface area contributed by atoms with E-state index in [0.717, 1.165) is 48.5 Å². The molecule has 5 rings (SSSR count). The van der Waals surface area contributed by atoms with Crippen molar-refractivity contribution in [2.24, 2.45) is 29.6 Å². The van der Waals surface area contributed by atoms with Gasteiger partial charge < -0.3 is 33.2 Å². The lowest BCUT2D eigenvalue weighted by molar-refractivity contribution is -0.160. The first-order chi connectivity index (χ1) is 29.9. The molecule has 3 aliphatic carbocycles. The smallest absolute Gasteiger partial charge is 0.338 e. The number of nitrogens with zero attached hydrogens (tertiary/aromatic N) is 1. The predicted octanol–water partition coefficient (Wildman–Crippen LogP) is 7.84. The Kier molecular flexibility index (Phi) is 18.5. The molecule has 0 spiro atoms. The van der Waals surface area contributed by atoms with E-state index in [2.05, 4.69) is 24.9 Å². The molecule has 3 fully saturated rings. The summed E-state index contributed by atoms with van der Waals surface area (Å²) in [5, 5.41) is 0. The Morgan fingerprint density at radius 3 is 1.56 bits per heavy atom.